The number of pyridine rings is 1. The van der Waals surface area contributed by atoms with Gasteiger partial charge in [0.05, 0.1) is 5.75 Å². The van der Waals surface area contributed by atoms with E-state index in [-0.39, 0.29) is 5.56 Å². The summed E-state index contributed by atoms with van der Waals surface area (Å²) in [6.45, 7) is 0. The van der Waals surface area contributed by atoms with Gasteiger partial charge in [-0.3, -0.25) is 4.98 Å². The highest BCUT2D eigenvalue weighted by atomic mass is 32.3. The van der Waals surface area contributed by atoms with Crippen LogP contribution in [0.25, 0.3) is 0 Å². The number of aromatic nitrogens is 1. The molecule has 1 heterocycles. The van der Waals surface area contributed by atoms with E-state index in [0.29, 0.717) is 0 Å². The minimum absolute atomic E-state index is 0.337. The van der Waals surface area contributed by atoms with Crippen LogP contribution < -0.4 is 0 Å². The Balaban J connectivity index is 2.97. The van der Waals surface area contributed by atoms with Crippen molar-refractivity contribution < 1.29 is 25.5 Å². The second kappa shape index (κ2) is 4.36. The third-order valence-electron chi connectivity index (χ3n) is 1.78. The van der Waals surface area contributed by atoms with Crippen LogP contribution in [0, 0.1) is 0 Å². The highest BCUT2D eigenvalue weighted by Crippen LogP contribution is 2.30. The molecule has 0 unspecified atom stereocenters. The van der Waals surface area contributed by atoms with Crippen molar-refractivity contribution in [1.82, 2.24) is 4.98 Å². The van der Waals surface area contributed by atoms with Crippen LogP contribution >= 0.6 is 0 Å². The first kappa shape index (κ1) is 12.9. The first-order valence-corrected chi connectivity index (χ1v) is 5.69. The van der Waals surface area contributed by atoms with Crippen molar-refractivity contribution >= 4 is 10.2 Å². The van der Waals surface area contributed by atoms with Gasteiger partial charge in [0.15, 0.2) is 0 Å². The van der Waals surface area contributed by atoms with Crippen molar-refractivity contribution in [2.24, 2.45) is 0 Å². The van der Waals surface area contributed by atoms with Gasteiger partial charge in [-0.2, -0.15) is 21.6 Å². The number of halogens is 4. The third-order valence-corrected chi connectivity index (χ3v) is 2.47. The van der Waals surface area contributed by atoms with Gasteiger partial charge in [0.25, 0.3) is 0 Å². The van der Waals surface area contributed by atoms with E-state index >= 15 is 0 Å². The minimum Gasteiger partial charge on any atom is -0.252 e. The zero-order chi connectivity index (χ0) is 12.4. The summed E-state index contributed by atoms with van der Waals surface area (Å²) in [6, 6.07) is 2.30. The van der Waals surface area contributed by atoms with Gasteiger partial charge in [0, 0.05) is 6.20 Å². The number of nitrogens with zero attached hydrogens (tertiary/aromatic N) is 1. The maximum absolute atomic E-state index is 12.4. The van der Waals surface area contributed by atoms with E-state index in [4.69, 9.17) is 0 Å². The average Bonchev–Trinajstić information content (AvgIpc) is 2.12. The average molecular weight is 257 g/mol. The smallest absolute Gasteiger partial charge is 0.252 e. The van der Waals surface area contributed by atoms with Gasteiger partial charge in [-0.25, -0.2) is 0 Å². The molecule has 1 rings (SSSR count). The molecule has 3 nitrogen and oxygen atoms in total. The fourth-order valence-electron chi connectivity index (χ4n) is 1.13. The Morgan fingerprint density at radius 2 is 1.94 bits per heavy atom. The molecular weight excluding hydrogens is 250 g/mol. The highest BCUT2D eigenvalue weighted by Gasteiger charge is 2.35. The maximum atomic E-state index is 12.4. The van der Waals surface area contributed by atoms with E-state index in [9.17, 15) is 25.5 Å². The summed E-state index contributed by atoms with van der Waals surface area (Å²) in [6.07, 6.45) is -4.28. The molecule has 0 aliphatic rings. The Hall–Kier alpha value is -1.18. The van der Waals surface area contributed by atoms with Crippen LogP contribution in [-0.2, 0) is 22.8 Å². The second-order valence-electron chi connectivity index (χ2n) is 3.00. The standard InChI is InChI=1S/C8H7F4NO2S/c9-8(10,11)7-6(2-1-4-13-7)3-5-16(12,14)15/h1-2,4H,3,5H2. The van der Waals surface area contributed by atoms with Gasteiger partial charge in [0.1, 0.15) is 5.69 Å². The zero-order valence-corrected chi connectivity index (χ0v) is 8.65. The third kappa shape index (κ3) is 3.76. The lowest BCUT2D eigenvalue weighted by Crippen LogP contribution is -2.13. The summed E-state index contributed by atoms with van der Waals surface area (Å²) < 4.78 is 69.7. The first-order chi connectivity index (χ1) is 7.20. The topological polar surface area (TPSA) is 47.0 Å². The monoisotopic (exact) mass is 257 g/mol. The summed E-state index contributed by atoms with van der Waals surface area (Å²) in [5.74, 6) is -0.984. The second-order valence-corrected chi connectivity index (χ2v) is 4.49. The molecule has 0 amide bonds. The van der Waals surface area contributed by atoms with Crippen LogP contribution in [0.3, 0.4) is 0 Å². The van der Waals surface area contributed by atoms with Crippen LogP contribution in [0.1, 0.15) is 11.3 Å². The molecule has 0 fully saturated rings. The summed E-state index contributed by atoms with van der Waals surface area (Å²) >= 11 is 0. The molecule has 0 N–H and O–H groups in total. The number of rotatable bonds is 3. The maximum Gasteiger partial charge on any atom is 0.433 e. The molecule has 1 aromatic rings. The lowest BCUT2D eigenvalue weighted by Gasteiger charge is -2.10. The molecule has 0 spiro atoms. The highest BCUT2D eigenvalue weighted by molar-refractivity contribution is 7.86. The molecule has 90 valence electrons. The van der Waals surface area contributed by atoms with Crippen molar-refractivity contribution in [3.8, 4) is 0 Å². The van der Waals surface area contributed by atoms with Gasteiger partial charge >= 0.3 is 16.4 Å². The van der Waals surface area contributed by atoms with Crippen LogP contribution in [0.4, 0.5) is 17.1 Å². The van der Waals surface area contributed by atoms with Crippen LogP contribution in [0.5, 0.6) is 0 Å². The van der Waals surface area contributed by atoms with Crippen molar-refractivity contribution in [2.75, 3.05) is 5.75 Å². The van der Waals surface area contributed by atoms with Crippen LogP contribution in [0.2, 0.25) is 0 Å². The predicted molar refractivity (Wildman–Crippen MR) is 47.8 cm³/mol. The molecular formula is C8H7F4NO2S. The quantitative estimate of drug-likeness (QED) is 0.614. The van der Waals surface area contributed by atoms with Crippen molar-refractivity contribution in [3.63, 3.8) is 0 Å². The van der Waals surface area contributed by atoms with E-state index in [2.05, 4.69) is 4.98 Å². The van der Waals surface area contributed by atoms with Gasteiger partial charge in [-0.15, -0.1) is 3.89 Å². The van der Waals surface area contributed by atoms with Gasteiger partial charge in [0.2, 0.25) is 0 Å². The molecule has 0 aliphatic carbocycles. The lowest BCUT2D eigenvalue weighted by molar-refractivity contribution is -0.141. The van der Waals surface area contributed by atoms with Crippen LogP contribution in [0.15, 0.2) is 18.3 Å². The normalized spacial score (nSPS) is 12.8. The molecule has 0 radical (unpaired) electrons. The zero-order valence-electron chi connectivity index (χ0n) is 7.83. The van der Waals surface area contributed by atoms with E-state index in [1.165, 1.54) is 6.07 Å². The summed E-state index contributed by atoms with van der Waals surface area (Å²) in [4.78, 5) is 3.11. The van der Waals surface area contributed by atoms with E-state index in [0.717, 1.165) is 12.3 Å². The van der Waals surface area contributed by atoms with Gasteiger partial charge in [-0.1, -0.05) is 6.07 Å². The van der Waals surface area contributed by atoms with E-state index in [1.807, 2.05) is 0 Å². The molecule has 16 heavy (non-hydrogen) atoms. The van der Waals surface area contributed by atoms with Gasteiger partial charge in [-0.05, 0) is 18.1 Å². The van der Waals surface area contributed by atoms with Crippen molar-refractivity contribution in [2.45, 2.75) is 12.6 Å². The Morgan fingerprint density at radius 3 is 2.44 bits per heavy atom. The molecule has 0 saturated carbocycles. The molecule has 0 aliphatic heterocycles. The minimum atomic E-state index is -4.78. The molecule has 1 aromatic heterocycles. The summed E-state index contributed by atoms with van der Waals surface area (Å²) in [5, 5.41) is 0. The fraction of sp³-hybridized carbons (Fsp3) is 0.375. The lowest BCUT2D eigenvalue weighted by atomic mass is 10.1. The molecule has 0 bridgehead atoms. The van der Waals surface area contributed by atoms with Gasteiger partial charge < -0.3 is 0 Å². The van der Waals surface area contributed by atoms with Crippen LogP contribution in [-0.4, -0.2) is 19.2 Å². The molecule has 8 heteroatoms. The Morgan fingerprint density at radius 1 is 1.31 bits per heavy atom. The number of hydrogen-bond donors (Lipinski definition) is 0. The van der Waals surface area contributed by atoms with Crippen molar-refractivity contribution in [3.05, 3.63) is 29.6 Å². The van der Waals surface area contributed by atoms with Crippen molar-refractivity contribution in [1.29, 1.82) is 0 Å². The first-order valence-electron chi connectivity index (χ1n) is 4.13. The molecule has 0 aromatic carbocycles. The summed E-state index contributed by atoms with van der Waals surface area (Å²) in [5.41, 5.74) is -1.52. The van der Waals surface area contributed by atoms with E-state index < -0.39 is 34.3 Å². The Kier molecular flexibility index (Phi) is 3.51. The largest absolute Gasteiger partial charge is 0.433 e. The molecule has 0 atom stereocenters. The molecule has 0 saturated heterocycles. The SMILES string of the molecule is O=S(=O)(F)CCc1cccnc1C(F)(F)F. The number of alkyl halides is 3. The predicted octanol–water partition coefficient (Wildman–Crippen LogP) is 1.94. The Labute approximate surface area is 89.3 Å². The van der Waals surface area contributed by atoms with E-state index in [1.54, 1.807) is 0 Å². The summed E-state index contributed by atoms with van der Waals surface area (Å²) in [7, 11) is -4.78. The fourth-order valence-corrected chi connectivity index (χ4v) is 1.59. The number of hydrogen-bond acceptors (Lipinski definition) is 3. The Bertz CT molecular complexity index is 469. The number of aryl methyl sites for hydroxylation is 1.